The molecule has 182 valence electrons. The third-order valence-electron chi connectivity index (χ3n) is 5.86. The van der Waals surface area contributed by atoms with Crippen LogP contribution in [0.3, 0.4) is 0 Å². The van der Waals surface area contributed by atoms with E-state index in [4.69, 9.17) is 9.47 Å². The van der Waals surface area contributed by atoms with Crippen LogP contribution < -0.4 is 4.74 Å². The zero-order chi connectivity index (χ0) is 24.7. The van der Waals surface area contributed by atoms with Crippen molar-refractivity contribution in [3.05, 3.63) is 59.0 Å². The van der Waals surface area contributed by atoms with Crippen LogP contribution in [0.25, 0.3) is 0 Å². The largest absolute Gasteiger partial charge is 0.472 e. The molecule has 1 aliphatic heterocycles. The lowest BCUT2D eigenvalue weighted by Crippen LogP contribution is -2.49. The normalized spacial score (nSPS) is 18.9. The Labute approximate surface area is 200 Å². The van der Waals surface area contributed by atoms with Crippen molar-refractivity contribution < 1.29 is 23.8 Å². The Morgan fingerprint density at radius 3 is 2.88 bits per heavy atom. The van der Waals surface area contributed by atoms with E-state index in [-0.39, 0.29) is 48.9 Å². The molecule has 34 heavy (non-hydrogen) atoms. The van der Waals surface area contributed by atoms with E-state index in [1.807, 2.05) is 31.9 Å². The van der Waals surface area contributed by atoms with Crippen LogP contribution in [0.4, 0.5) is 4.39 Å². The number of benzene rings is 1. The summed E-state index contributed by atoms with van der Waals surface area (Å²) in [4.78, 5) is 21.5. The number of aliphatic hydroxyl groups is 1. The minimum Gasteiger partial charge on any atom is -0.472 e. The summed E-state index contributed by atoms with van der Waals surface area (Å²) in [6.45, 7) is 5.24. The van der Waals surface area contributed by atoms with E-state index in [0.29, 0.717) is 36.3 Å². The maximum Gasteiger partial charge on any atom is 0.259 e. The lowest BCUT2D eigenvalue weighted by atomic mass is 9.99. The topological polar surface area (TPSA) is 75.1 Å². The van der Waals surface area contributed by atoms with Crippen molar-refractivity contribution in [3.8, 4) is 17.7 Å². The fraction of sp³-hybridized carbons (Fsp3) is 0.462. The van der Waals surface area contributed by atoms with Gasteiger partial charge < -0.3 is 19.5 Å². The van der Waals surface area contributed by atoms with E-state index in [0.717, 1.165) is 0 Å². The standard InChI is InChI=1S/C26H32FN3O4/c1-18-14-30(19(2)17-31)26(32)22-12-20(8-7-11-33-4)13-28-25(22)34-24(18)16-29(3)15-21-9-5-6-10-23(21)27/h5-6,9-10,12-13,18-19,24,31H,11,14-17H2,1-4H3/t18-,19-,24+/m0/s1. The molecule has 7 nitrogen and oxygen atoms in total. The molecule has 2 aromatic rings. The predicted octanol–water partition coefficient (Wildman–Crippen LogP) is 2.57. The number of rotatable bonds is 7. The van der Waals surface area contributed by atoms with Crippen LogP contribution in [0.1, 0.15) is 35.3 Å². The maximum absolute atomic E-state index is 14.1. The van der Waals surface area contributed by atoms with Crippen LogP contribution in [-0.4, -0.2) is 78.4 Å². The van der Waals surface area contributed by atoms with E-state index < -0.39 is 0 Å². The maximum atomic E-state index is 14.1. The quantitative estimate of drug-likeness (QED) is 0.629. The number of pyridine rings is 1. The van der Waals surface area contributed by atoms with Crippen molar-refractivity contribution in [2.45, 2.75) is 32.5 Å². The Bertz CT molecular complexity index is 1050. The average Bonchev–Trinajstić information content (AvgIpc) is 2.82. The molecule has 8 heteroatoms. The number of fused-ring (bicyclic) bond motifs is 1. The summed E-state index contributed by atoms with van der Waals surface area (Å²) < 4.78 is 25.4. The van der Waals surface area contributed by atoms with Crippen molar-refractivity contribution in [1.29, 1.82) is 0 Å². The molecular weight excluding hydrogens is 437 g/mol. The number of likely N-dealkylation sites (N-methyl/N-ethyl adjacent to an activating group) is 1. The molecular formula is C26H32FN3O4. The Morgan fingerprint density at radius 1 is 1.41 bits per heavy atom. The Morgan fingerprint density at radius 2 is 2.18 bits per heavy atom. The second-order valence-electron chi connectivity index (χ2n) is 8.72. The highest BCUT2D eigenvalue weighted by Gasteiger charge is 2.34. The minimum absolute atomic E-state index is 0.0582. The van der Waals surface area contributed by atoms with E-state index in [9.17, 15) is 14.3 Å². The van der Waals surface area contributed by atoms with Gasteiger partial charge in [0.15, 0.2) is 0 Å². The molecule has 0 aliphatic carbocycles. The summed E-state index contributed by atoms with van der Waals surface area (Å²) >= 11 is 0. The molecule has 0 saturated heterocycles. The van der Waals surface area contributed by atoms with Crippen LogP contribution in [0.5, 0.6) is 5.88 Å². The number of methoxy groups -OCH3 is 1. The fourth-order valence-electron chi connectivity index (χ4n) is 3.89. The smallest absolute Gasteiger partial charge is 0.259 e. The van der Waals surface area contributed by atoms with Crippen LogP contribution in [0.2, 0.25) is 0 Å². The number of hydrogen-bond donors (Lipinski definition) is 1. The van der Waals surface area contributed by atoms with Gasteiger partial charge in [0, 0.05) is 50.0 Å². The van der Waals surface area contributed by atoms with Gasteiger partial charge in [-0.25, -0.2) is 9.37 Å². The molecule has 0 unspecified atom stereocenters. The molecule has 2 heterocycles. The zero-order valence-corrected chi connectivity index (χ0v) is 20.1. The lowest BCUT2D eigenvalue weighted by Gasteiger charge is -2.37. The van der Waals surface area contributed by atoms with Crippen molar-refractivity contribution in [3.63, 3.8) is 0 Å². The van der Waals surface area contributed by atoms with Gasteiger partial charge in [0.2, 0.25) is 5.88 Å². The molecule has 3 rings (SSSR count). The molecule has 1 aromatic heterocycles. The van der Waals surface area contributed by atoms with Gasteiger partial charge in [0.25, 0.3) is 5.91 Å². The first-order valence-electron chi connectivity index (χ1n) is 11.3. The number of aromatic nitrogens is 1. The molecule has 0 bridgehead atoms. The highest BCUT2D eigenvalue weighted by molar-refractivity contribution is 5.97. The SMILES string of the molecule is COCC#Cc1cnc2c(c1)C(=O)N([C@@H](C)CO)C[C@H](C)[C@@H](CN(C)Cc1ccccc1F)O2. The van der Waals surface area contributed by atoms with Crippen molar-refractivity contribution in [2.75, 3.05) is 40.5 Å². The van der Waals surface area contributed by atoms with Crippen molar-refractivity contribution in [1.82, 2.24) is 14.8 Å². The highest BCUT2D eigenvalue weighted by Crippen LogP contribution is 2.27. The number of carbonyl (C=O) groups excluding carboxylic acids is 1. The molecule has 1 aliphatic rings. The number of hydrogen-bond acceptors (Lipinski definition) is 6. The fourth-order valence-corrected chi connectivity index (χ4v) is 3.89. The second-order valence-corrected chi connectivity index (χ2v) is 8.72. The van der Waals surface area contributed by atoms with E-state index in [2.05, 4.69) is 16.8 Å². The summed E-state index contributed by atoms with van der Waals surface area (Å²) in [5, 5.41) is 9.78. The van der Waals surface area contributed by atoms with Crippen LogP contribution in [0, 0.1) is 23.6 Å². The zero-order valence-electron chi connectivity index (χ0n) is 20.1. The molecule has 0 spiro atoms. The number of aliphatic hydroxyl groups excluding tert-OH is 1. The lowest BCUT2D eigenvalue weighted by molar-refractivity contribution is 0.0324. The molecule has 0 fully saturated rings. The van der Waals surface area contributed by atoms with Crippen LogP contribution in [0.15, 0.2) is 36.5 Å². The minimum atomic E-state index is -0.374. The summed E-state index contributed by atoms with van der Waals surface area (Å²) in [6.07, 6.45) is 1.26. The van der Waals surface area contributed by atoms with E-state index >= 15 is 0 Å². The van der Waals surface area contributed by atoms with Gasteiger partial charge in [-0.2, -0.15) is 0 Å². The Kier molecular flexibility index (Phi) is 8.99. The van der Waals surface area contributed by atoms with Gasteiger partial charge in [-0.05, 0) is 26.1 Å². The third kappa shape index (κ3) is 6.32. The molecule has 1 aromatic carbocycles. The van der Waals surface area contributed by atoms with Gasteiger partial charge in [0.05, 0.1) is 12.6 Å². The van der Waals surface area contributed by atoms with Crippen LogP contribution >= 0.6 is 0 Å². The van der Waals surface area contributed by atoms with E-state index in [1.165, 1.54) is 6.07 Å². The van der Waals surface area contributed by atoms with Gasteiger partial charge >= 0.3 is 0 Å². The monoisotopic (exact) mass is 469 g/mol. The third-order valence-corrected chi connectivity index (χ3v) is 5.86. The predicted molar refractivity (Wildman–Crippen MR) is 127 cm³/mol. The summed E-state index contributed by atoms with van der Waals surface area (Å²) in [6, 6.07) is 7.99. The first-order valence-corrected chi connectivity index (χ1v) is 11.3. The van der Waals surface area contributed by atoms with E-state index in [1.54, 1.807) is 36.4 Å². The number of halogens is 1. The van der Waals surface area contributed by atoms with Gasteiger partial charge in [-0.3, -0.25) is 9.69 Å². The Balaban J connectivity index is 1.90. The van der Waals surface area contributed by atoms with Gasteiger partial charge in [0.1, 0.15) is 24.1 Å². The molecule has 0 saturated carbocycles. The highest BCUT2D eigenvalue weighted by atomic mass is 19.1. The Hall–Kier alpha value is -2.99. The van der Waals surface area contributed by atoms with Crippen LogP contribution in [-0.2, 0) is 11.3 Å². The summed E-state index contributed by atoms with van der Waals surface area (Å²) in [5.74, 6) is 5.46. The second kappa shape index (κ2) is 11.9. The molecule has 3 atom stereocenters. The number of nitrogens with zero attached hydrogens (tertiary/aromatic N) is 3. The van der Waals surface area contributed by atoms with Crippen molar-refractivity contribution >= 4 is 5.91 Å². The molecule has 1 amide bonds. The number of ether oxygens (including phenoxy) is 2. The number of carbonyl (C=O) groups is 1. The summed E-state index contributed by atoms with van der Waals surface area (Å²) in [5.41, 5.74) is 1.48. The van der Waals surface area contributed by atoms with Gasteiger partial charge in [-0.15, -0.1) is 0 Å². The van der Waals surface area contributed by atoms with Crippen molar-refractivity contribution in [2.24, 2.45) is 5.92 Å². The summed E-state index contributed by atoms with van der Waals surface area (Å²) in [7, 11) is 3.47. The molecule has 0 radical (unpaired) electrons. The first kappa shape index (κ1) is 25.6. The number of amides is 1. The average molecular weight is 470 g/mol. The van der Waals surface area contributed by atoms with Gasteiger partial charge in [-0.1, -0.05) is 37.0 Å². The molecule has 1 N–H and O–H groups in total. The first-order chi connectivity index (χ1) is 16.3.